The van der Waals surface area contributed by atoms with Gasteiger partial charge in [0.25, 0.3) is 5.91 Å². The van der Waals surface area contributed by atoms with Gasteiger partial charge in [-0.05, 0) is 38.1 Å². The molecule has 0 unspecified atom stereocenters. The Bertz CT molecular complexity index is 694. The van der Waals surface area contributed by atoms with E-state index in [1.54, 1.807) is 6.92 Å². The molecule has 0 fully saturated rings. The number of hydrogen-bond donors (Lipinski definition) is 2. The normalized spacial score (nSPS) is 13.4. The third-order valence-corrected chi connectivity index (χ3v) is 4.18. The predicted molar refractivity (Wildman–Crippen MR) is 91.3 cm³/mol. The first-order chi connectivity index (χ1) is 10.9. The van der Waals surface area contributed by atoms with Gasteiger partial charge in [0.05, 0.1) is 10.0 Å². The van der Waals surface area contributed by atoms with Crippen molar-refractivity contribution in [2.45, 2.75) is 25.9 Å². The van der Waals surface area contributed by atoms with E-state index in [1.165, 1.54) is 12.1 Å². The molecule has 23 heavy (non-hydrogen) atoms. The molecular weight excluding hydrogens is 338 g/mol. The van der Waals surface area contributed by atoms with Crippen LogP contribution in [0.25, 0.3) is 0 Å². The van der Waals surface area contributed by atoms with Crippen LogP contribution < -0.4 is 10.6 Å². The maximum absolute atomic E-state index is 13.6. The SMILES string of the molecule is C[C@H]([NH2+][C@H](C)C(=O)Nc1ccccc1)c1cc(F)c(Cl)cc1Cl. The molecule has 0 aliphatic heterocycles. The Hall–Kier alpha value is -1.62. The molecule has 0 radical (unpaired) electrons. The van der Waals surface area contributed by atoms with Gasteiger partial charge in [-0.3, -0.25) is 4.79 Å². The van der Waals surface area contributed by atoms with Crippen LogP contribution in [0.2, 0.25) is 10.0 Å². The van der Waals surface area contributed by atoms with Gasteiger partial charge in [0.2, 0.25) is 0 Å². The number of carbonyl (C=O) groups is 1. The molecule has 0 saturated heterocycles. The van der Waals surface area contributed by atoms with E-state index in [1.807, 2.05) is 42.6 Å². The van der Waals surface area contributed by atoms with Crippen LogP contribution in [0.15, 0.2) is 42.5 Å². The van der Waals surface area contributed by atoms with Crippen molar-refractivity contribution in [2.24, 2.45) is 0 Å². The van der Waals surface area contributed by atoms with Crippen LogP contribution in [-0.4, -0.2) is 11.9 Å². The first kappa shape index (κ1) is 17.7. The van der Waals surface area contributed by atoms with E-state index < -0.39 is 5.82 Å². The van der Waals surface area contributed by atoms with Crippen LogP contribution in [0.5, 0.6) is 0 Å². The fourth-order valence-electron chi connectivity index (χ4n) is 2.29. The predicted octanol–water partition coefficient (Wildman–Crippen LogP) is 3.78. The summed E-state index contributed by atoms with van der Waals surface area (Å²) >= 11 is 11.8. The summed E-state index contributed by atoms with van der Waals surface area (Å²) in [6, 6.07) is 11.4. The van der Waals surface area contributed by atoms with E-state index in [-0.39, 0.29) is 23.0 Å². The molecule has 0 aliphatic rings. The van der Waals surface area contributed by atoms with Gasteiger partial charge in [0, 0.05) is 11.3 Å². The zero-order valence-corrected chi connectivity index (χ0v) is 14.3. The van der Waals surface area contributed by atoms with Gasteiger partial charge in [0.15, 0.2) is 6.04 Å². The van der Waals surface area contributed by atoms with E-state index in [0.717, 1.165) is 5.69 Å². The van der Waals surface area contributed by atoms with Gasteiger partial charge < -0.3 is 10.6 Å². The number of hydrogen-bond acceptors (Lipinski definition) is 1. The number of benzene rings is 2. The third kappa shape index (κ3) is 4.67. The number of amides is 1. The summed E-state index contributed by atoms with van der Waals surface area (Å²) in [5.41, 5.74) is 1.34. The molecule has 3 N–H and O–H groups in total. The fourth-order valence-corrected chi connectivity index (χ4v) is 2.84. The standard InChI is InChI=1S/C17H17Cl2FN2O/c1-10(13-8-16(20)15(19)9-14(13)18)21-11(2)17(23)22-12-6-4-3-5-7-12/h3-11,21H,1-2H3,(H,22,23)/p+1/t10-,11+/m0/s1. The molecular formula is C17H18Cl2FN2O+. The topological polar surface area (TPSA) is 45.7 Å². The molecule has 0 saturated carbocycles. The summed E-state index contributed by atoms with van der Waals surface area (Å²) in [5, 5.41) is 5.03. The monoisotopic (exact) mass is 355 g/mol. The van der Waals surface area contributed by atoms with Crippen molar-refractivity contribution in [3.05, 3.63) is 63.9 Å². The average molecular weight is 356 g/mol. The minimum absolute atomic E-state index is 0.0131. The van der Waals surface area contributed by atoms with Crippen LogP contribution in [0.1, 0.15) is 25.5 Å². The number of rotatable bonds is 5. The van der Waals surface area contributed by atoms with Crippen molar-refractivity contribution in [1.29, 1.82) is 0 Å². The molecule has 1 amide bonds. The van der Waals surface area contributed by atoms with Crippen LogP contribution in [0.4, 0.5) is 10.1 Å². The van der Waals surface area contributed by atoms with E-state index >= 15 is 0 Å². The molecule has 3 nitrogen and oxygen atoms in total. The summed E-state index contributed by atoms with van der Waals surface area (Å²) in [5.74, 6) is -0.652. The molecule has 2 rings (SSSR count). The Labute approximate surface area is 144 Å². The Morgan fingerprint density at radius 2 is 1.78 bits per heavy atom. The number of quaternary nitrogens is 1. The van der Waals surface area contributed by atoms with Crippen molar-refractivity contribution < 1.29 is 14.5 Å². The zero-order chi connectivity index (χ0) is 17.0. The number of nitrogens with two attached hydrogens (primary N) is 1. The van der Waals surface area contributed by atoms with Gasteiger partial charge >= 0.3 is 0 Å². The van der Waals surface area contributed by atoms with Crippen LogP contribution >= 0.6 is 23.2 Å². The molecule has 0 aliphatic carbocycles. The lowest BCUT2D eigenvalue weighted by Gasteiger charge is -2.18. The van der Waals surface area contributed by atoms with E-state index in [2.05, 4.69) is 5.32 Å². The zero-order valence-electron chi connectivity index (χ0n) is 12.8. The molecule has 2 aromatic rings. The van der Waals surface area contributed by atoms with Crippen LogP contribution in [0, 0.1) is 5.82 Å². The Morgan fingerprint density at radius 3 is 2.43 bits per heavy atom. The second kappa shape index (κ2) is 7.77. The molecule has 0 spiro atoms. The van der Waals surface area contributed by atoms with Gasteiger partial charge in [0.1, 0.15) is 11.9 Å². The number of halogens is 3. The average Bonchev–Trinajstić information content (AvgIpc) is 2.51. The number of carbonyl (C=O) groups excluding carboxylic acids is 1. The highest BCUT2D eigenvalue weighted by Crippen LogP contribution is 2.27. The van der Waals surface area contributed by atoms with Crippen molar-refractivity contribution in [3.63, 3.8) is 0 Å². The van der Waals surface area contributed by atoms with E-state index in [9.17, 15) is 9.18 Å². The third-order valence-electron chi connectivity index (χ3n) is 3.56. The first-order valence-corrected chi connectivity index (χ1v) is 7.99. The molecule has 0 heterocycles. The Kier molecular flexibility index (Phi) is 5.99. The lowest BCUT2D eigenvalue weighted by molar-refractivity contribution is -0.709. The molecule has 122 valence electrons. The van der Waals surface area contributed by atoms with E-state index in [4.69, 9.17) is 23.2 Å². The van der Waals surface area contributed by atoms with Gasteiger partial charge in [-0.25, -0.2) is 4.39 Å². The Balaban J connectivity index is 2.03. The summed E-state index contributed by atoms with van der Waals surface area (Å²) in [4.78, 5) is 12.2. The fraction of sp³-hybridized carbons (Fsp3) is 0.235. The quantitative estimate of drug-likeness (QED) is 0.787. The number of para-hydroxylation sites is 1. The van der Waals surface area contributed by atoms with Crippen LogP contribution in [-0.2, 0) is 4.79 Å². The first-order valence-electron chi connectivity index (χ1n) is 7.24. The van der Waals surface area contributed by atoms with E-state index in [0.29, 0.717) is 10.6 Å². The van der Waals surface area contributed by atoms with Crippen molar-refractivity contribution in [1.82, 2.24) is 0 Å². The van der Waals surface area contributed by atoms with Gasteiger partial charge in [-0.2, -0.15) is 0 Å². The molecule has 0 aromatic heterocycles. The second-order valence-electron chi connectivity index (χ2n) is 5.41. The summed E-state index contributed by atoms with van der Waals surface area (Å²) in [7, 11) is 0. The number of nitrogens with one attached hydrogen (secondary N) is 1. The number of anilines is 1. The lowest BCUT2D eigenvalue weighted by Crippen LogP contribution is -2.91. The lowest BCUT2D eigenvalue weighted by atomic mass is 10.1. The highest BCUT2D eigenvalue weighted by molar-refractivity contribution is 6.35. The highest BCUT2D eigenvalue weighted by Gasteiger charge is 2.22. The minimum Gasteiger partial charge on any atom is -0.330 e. The summed E-state index contributed by atoms with van der Waals surface area (Å²) in [6.45, 7) is 3.65. The maximum Gasteiger partial charge on any atom is 0.282 e. The molecule has 2 aromatic carbocycles. The van der Waals surface area contributed by atoms with Gasteiger partial charge in [-0.15, -0.1) is 0 Å². The molecule has 6 heteroatoms. The maximum atomic E-state index is 13.6. The highest BCUT2D eigenvalue weighted by atomic mass is 35.5. The molecule has 2 atom stereocenters. The van der Waals surface area contributed by atoms with Crippen molar-refractivity contribution in [3.8, 4) is 0 Å². The molecule has 0 bridgehead atoms. The summed E-state index contributed by atoms with van der Waals surface area (Å²) < 4.78 is 13.6. The minimum atomic E-state index is -0.521. The van der Waals surface area contributed by atoms with Crippen molar-refractivity contribution in [2.75, 3.05) is 5.32 Å². The Morgan fingerprint density at radius 1 is 1.13 bits per heavy atom. The van der Waals surface area contributed by atoms with Crippen molar-refractivity contribution >= 4 is 34.8 Å². The largest absolute Gasteiger partial charge is 0.330 e. The summed E-state index contributed by atoms with van der Waals surface area (Å²) in [6.07, 6.45) is 0. The smallest absolute Gasteiger partial charge is 0.282 e. The van der Waals surface area contributed by atoms with Crippen LogP contribution in [0.3, 0.4) is 0 Å². The second-order valence-corrected chi connectivity index (χ2v) is 6.23. The van der Waals surface area contributed by atoms with Gasteiger partial charge in [-0.1, -0.05) is 41.4 Å².